The van der Waals surface area contributed by atoms with Crippen molar-refractivity contribution in [3.63, 3.8) is 0 Å². The van der Waals surface area contributed by atoms with Gasteiger partial charge >= 0.3 is 11.9 Å². The number of hydrogen-bond donors (Lipinski definition) is 2. The highest BCUT2D eigenvalue weighted by atomic mass is 16.6. The number of methoxy groups -OCH3 is 3. The van der Waals surface area contributed by atoms with Gasteiger partial charge in [0, 0.05) is 149 Å². The standard InChI is InChI=1S/C79H117N9O18/c1-51-17-13-12-14-18-52(2)66(99-9)45-62-23-20-57(7)79(98,106-62)74(95)75(96)88-27-16-15-19-63(88)76(97)105-67(46-64(90)53(3)42-56(6)72(94)73(101-11)71(93)55(5)41-51)54(4)43-59-21-24-65(68(44-59)100-10)104-70(92)25-22-60-47-80-77(81-48-60)87-34-32-85(33-35-87)69(91)26-37-102-39-40-103-38-36-84-28-30-86(31-29-84)78-82-49-61(50-83-78)58(8)89/h12-14,17-18,42,47-51,53-55,57,59,62-63,65-68,72-73,94,98H,15-16,19-41,43-46H2,1-11H3/b14-12+,17-13+,52-18+,56-42+/t51-,53-,54-,55-,57-,59+,62+,63+,65-,66+,67+,68-,72-,73+,79-/m1/s1. The number of ether oxygens (including phenoxy) is 8. The molecule has 2 aromatic rings. The van der Waals surface area contributed by atoms with Crippen molar-refractivity contribution in [3.8, 4) is 0 Å². The van der Waals surface area contributed by atoms with Gasteiger partial charge in [0.05, 0.1) is 56.7 Å². The van der Waals surface area contributed by atoms with E-state index in [1.54, 1.807) is 72.8 Å². The van der Waals surface area contributed by atoms with Gasteiger partial charge in [-0.1, -0.05) is 71.1 Å². The van der Waals surface area contributed by atoms with Crippen molar-refractivity contribution in [1.29, 1.82) is 0 Å². The lowest BCUT2D eigenvalue weighted by Gasteiger charge is -2.42. The number of carbonyl (C=O) groups excluding carboxylic acids is 8. The highest BCUT2D eigenvalue weighted by molar-refractivity contribution is 6.39. The number of Topliss-reactive ketones (excluding diaryl/α,β-unsaturated/α-hetero) is 4. The van der Waals surface area contributed by atoms with Gasteiger partial charge in [0.1, 0.15) is 36.2 Å². The van der Waals surface area contributed by atoms with E-state index >= 15 is 0 Å². The highest BCUT2D eigenvalue weighted by Crippen LogP contribution is 2.39. The number of rotatable bonds is 22. The van der Waals surface area contributed by atoms with Gasteiger partial charge in [-0.15, -0.1) is 0 Å². The van der Waals surface area contributed by atoms with Gasteiger partial charge in [-0.3, -0.25) is 38.5 Å². The Bertz CT molecular complexity index is 3350. The fraction of sp³-hybridized carbons (Fsp3) is 0.696. The van der Waals surface area contributed by atoms with E-state index in [1.165, 1.54) is 18.9 Å². The number of aromatic nitrogens is 4. The minimum Gasteiger partial charge on any atom is -0.460 e. The molecule has 0 radical (unpaired) electrons. The summed E-state index contributed by atoms with van der Waals surface area (Å²) in [5.74, 6) is -7.88. The summed E-state index contributed by atoms with van der Waals surface area (Å²) in [6.45, 7) is 22.1. The molecular weight excluding hydrogens is 1360 g/mol. The zero-order valence-corrected chi connectivity index (χ0v) is 64.3. The number of piperidine rings is 1. The molecule has 0 spiro atoms. The Morgan fingerprint density at radius 1 is 0.708 bits per heavy atom. The molecule has 7 heterocycles. The number of aryl methyl sites for hydroxylation is 1. The molecule has 1 aliphatic carbocycles. The van der Waals surface area contributed by atoms with E-state index < -0.39 is 102 Å². The maximum Gasteiger partial charge on any atom is 0.329 e. The van der Waals surface area contributed by atoms with Crippen molar-refractivity contribution in [3.05, 3.63) is 83.5 Å². The minimum absolute atomic E-state index is 0.0161. The fourth-order valence-corrected chi connectivity index (χ4v) is 15.2. The Morgan fingerprint density at radius 2 is 1.38 bits per heavy atom. The molecule has 0 aromatic carbocycles. The smallest absolute Gasteiger partial charge is 0.329 e. The number of cyclic esters (lactones) is 1. The zero-order chi connectivity index (χ0) is 76.6. The SMILES string of the molecule is CO[C@H]1C[C@@H]2CC[C@@H](C)[C@@](O)(O2)C(=O)C(=O)N2CCCC[C@H]2C(=O)O[C@H]([C@H](C)C[C@@H]2CC[C@@H](OC(=O)CCc3cnc(N4CCN(C(=O)CCOCCOCCN5CCN(c6ncc(C(C)=O)cn6)CC5)CC4)nc3)[C@H](OC)C2)CC(=O)[C@H](C)/C=C(\C)[C@@H](O)[C@@H](OC)C(=O)[C@H](C)C[C@H](C)/C=C/C=C/C=C/1C. The van der Waals surface area contributed by atoms with Crippen LogP contribution in [0.2, 0.25) is 0 Å². The summed E-state index contributed by atoms with van der Waals surface area (Å²) in [5.41, 5.74) is 2.47. The molecule has 2 bridgehead atoms. The second kappa shape index (κ2) is 41.5. The third-order valence-corrected chi connectivity index (χ3v) is 22.0. The van der Waals surface area contributed by atoms with Crippen LogP contribution in [0.15, 0.2) is 72.4 Å². The number of nitrogens with zero attached hydrogens (tertiary/aromatic N) is 9. The van der Waals surface area contributed by atoms with Crippen LogP contribution < -0.4 is 9.80 Å². The first-order valence-corrected chi connectivity index (χ1v) is 38.3. The van der Waals surface area contributed by atoms with E-state index in [4.69, 9.17) is 37.9 Å². The number of ketones is 4. The van der Waals surface area contributed by atoms with Crippen molar-refractivity contribution in [2.75, 3.05) is 123 Å². The Balaban J connectivity index is 0.814. The zero-order valence-electron chi connectivity index (χ0n) is 64.3. The molecule has 8 rings (SSSR count). The van der Waals surface area contributed by atoms with Crippen LogP contribution in [0, 0.1) is 35.5 Å². The number of amides is 2. The first-order chi connectivity index (χ1) is 50.8. The lowest BCUT2D eigenvalue weighted by atomic mass is 9.78. The second-order valence-corrected chi connectivity index (χ2v) is 29.9. The maximum atomic E-state index is 14.8. The molecule has 27 nitrogen and oxygen atoms in total. The quantitative estimate of drug-likeness (QED) is 0.0392. The molecular formula is C79H117N9O18. The van der Waals surface area contributed by atoms with Crippen molar-refractivity contribution in [2.45, 2.75) is 206 Å². The minimum atomic E-state index is -2.48. The lowest BCUT2D eigenvalue weighted by molar-refractivity contribution is -0.265. The maximum absolute atomic E-state index is 14.8. The number of fused-ring (bicyclic) bond motifs is 3. The Labute approximate surface area is 625 Å². The molecule has 27 heteroatoms. The van der Waals surface area contributed by atoms with Gasteiger partial charge in [0.15, 0.2) is 11.6 Å². The monoisotopic (exact) mass is 1480 g/mol. The van der Waals surface area contributed by atoms with Crippen LogP contribution in [0.25, 0.3) is 0 Å². The molecule has 2 amide bonds. The fourth-order valence-electron chi connectivity index (χ4n) is 15.2. The van der Waals surface area contributed by atoms with Gasteiger partial charge in [0.25, 0.3) is 11.7 Å². The predicted molar refractivity (Wildman–Crippen MR) is 395 cm³/mol. The predicted octanol–water partition coefficient (Wildman–Crippen LogP) is 7.04. The summed E-state index contributed by atoms with van der Waals surface area (Å²) in [6, 6.07) is -1.21. The molecule has 0 unspecified atom stereocenters. The number of esters is 2. The molecule has 4 saturated heterocycles. The summed E-state index contributed by atoms with van der Waals surface area (Å²) in [6.07, 6.45) is 17.4. The number of aliphatic hydroxyl groups is 2. The summed E-state index contributed by atoms with van der Waals surface area (Å²) in [5, 5.41) is 23.8. The highest BCUT2D eigenvalue weighted by Gasteiger charge is 2.53. The van der Waals surface area contributed by atoms with Gasteiger partial charge < -0.3 is 67.7 Å². The van der Waals surface area contributed by atoms with Gasteiger partial charge in [0.2, 0.25) is 23.6 Å². The lowest BCUT2D eigenvalue weighted by Crippen LogP contribution is -2.61. The van der Waals surface area contributed by atoms with E-state index in [9.17, 15) is 48.6 Å². The van der Waals surface area contributed by atoms with Crippen LogP contribution >= 0.6 is 0 Å². The summed E-state index contributed by atoms with van der Waals surface area (Å²) < 4.78 is 47.8. The van der Waals surface area contributed by atoms with Crippen LogP contribution in [0.4, 0.5) is 11.9 Å². The summed E-state index contributed by atoms with van der Waals surface area (Å²) >= 11 is 0. The third-order valence-electron chi connectivity index (χ3n) is 22.0. The summed E-state index contributed by atoms with van der Waals surface area (Å²) in [7, 11) is 4.51. The molecule has 106 heavy (non-hydrogen) atoms. The average molecular weight is 1480 g/mol. The molecule has 6 aliphatic rings. The van der Waals surface area contributed by atoms with Crippen molar-refractivity contribution in [2.24, 2.45) is 35.5 Å². The first-order valence-electron chi connectivity index (χ1n) is 38.3. The van der Waals surface area contributed by atoms with Crippen molar-refractivity contribution < 1.29 is 86.5 Å². The van der Waals surface area contributed by atoms with Crippen LogP contribution in [-0.4, -0.2) is 259 Å². The van der Waals surface area contributed by atoms with Gasteiger partial charge in [-0.05, 0) is 126 Å². The van der Waals surface area contributed by atoms with Crippen LogP contribution in [0.5, 0.6) is 0 Å². The molecule has 15 atom stereocenters. The topological polar surface area (TPSA) is 319 Å². The number of allylic oxidation sites excluding steroid dienone is 6. The van der Waals surface area contributed by atoms with Crippen LogP contribution in [0.3, 0.4) is 0 Å². The van der Waals surface area contributed by atoms with E-state index in [-0.39, 0.29) is 73.7 Å². The molecule has 1 saturated carbocycles. The Kier molecular flexibility index (Phi) is 33.1. The normalized spacial score (nSPS) is 31.2. The summed E-state index contributed by atoms with van der Waals surface area (Å²) in [4.78, 5) is 138. The number of hydrogen-bond acceptors (Lipinski definition) is 25. The number of aliphatic hydroxyl groups excluding tert-OH is 1. The van der Waals surface area contributed by atoms with Crippen molar-refractivity contribution >= 4 is 58.8 Å². The van der Waals surface area contributed by atoms with Crippen LogP contribution in [-0.2, 0) is 77.9 Å². The second-order valence-electron chi connectivity index (χ2n) is 29.9. The van der Waals surface area contributed by atoms with E-state index in [0.717, 1.165) is 43.9 Å². The number of anilines is 2. The van der Waals surface area contributed by atoms with E-state index in [1.807, 2.05) is 61.0 Å². The van der Waals surface area contributed by atoms with Crippen LogP contribution in [0.1, 0.15) is 161 Å². The van der Waals surface area contributed by atoms with Gasteiger partial charge in [-0.2, -0.15) is 0 Å². The molecule has 2 N–H and O–H groups in total. The van der Waals surface area contributed by atoms with Gasteiger partial charge in [-0.25, -0.2) is 24.7 Å². The van der Waals surface area contributed by atoms with E-state index in [2.05, 4.69) is 29.7 Å². The first kappa shape index (κ1) is 84.5. The molecule has 586 valence electrons. The number of carbonyl (C=O) groups is 8. The van der Waals surface area contributed by atoms with Crippen molar-refractivity contribution in [1.82, 2.24) is 34.6 Å². The Morgan fingerprint density at radius 3 is 2.04 bits per heavy atom. The van der Waals surface area contributed by atoms with E-state index in [0.29, 0.717) is 140 Å². The Hall–Kier alpha value is -7.08. The molecule has 5 aliphatic heterocycles. The average Bonchev–Trinajstić information content (AvgIpc) is 0.772. The number of piperazine rings is 2. The largest absolute Gasteiger partial charge is 0.460 e. The molecule has 2 aromatic heterocycles. The molecule has 5 fully saturated rings. The third kappa shape index (κ3) is 24.0.